The predicted octanol–water partition coefficient (Wildman–Crippen LogP) is 2.03. The van der Waals surface area contributed by atoms with Gasteiger partial charge in [-0.15, -0.1) is 0 Å². The summed E-state index contributed by atoms with van der Waals surface area (Å²) < 4.78 is 28.3. The summed E-state index contributed by atoms with van der Waals surface area (Å²) in [4.78, 5) is 25.2. The number of allylic oxidation sites excluding steroid dienone is 1. The number of nitrogens with zero attached hydrogens (tertiary/aromatic N) is 3. The summed E-state index contributed by atoms with van der Waals surface area (Å²) in [5, 5.41) is 3.06. The number of rotatable bonds is 6. The summed E-state index contributed by atoms with van der Waals surface area (Å²) >= 11 is 0. The number of nitrogen functional groups attached to an aromatic ring is 1. The number of Topliss-reactive ketones (excluding diaryl/α,β-unsaturated/α-hetero) is 1. The van der Waals surface area contributed by atoms with E-state index in [0.717, 1.165) is 17.7 Å². The van der Waals surface area contributed by atoms with Crippen molar-refractivity contribution in [1.29, 1.82) is 0 Å². The number of carbonyl (C=O) groups excluding carboxylic acids is 1. The Morgan fingerprint density at radius 3 is 2.75 bits per heavy atom. The second kappa shape index (κ2) is 6.93. The Kier molecular flexibility index (Phi) is 4.44. The van der Waals surface area contributed by atoms with Crippen molar-refractivity contribution in [3.8, 4) is 0 Å². The molecule has 0 bridgehead atoms. The van der Waals surface area contributed by atoms with Crippen molar-refractivity contribution in [3.63, 3.8) is 0 Å². The van der Waals surface area contributed by atoms with Crippen LogP contribution in [-0.2, 0) is 0 Å². The molecule has 4 rings (SSSR count). The van der Waals surface area contributed by atoms with Crippen molar-refractivity contribution in [1.82, 2.24) is 4.98 Å². The lowest BCUT2D eigenvalue weighted by atomic mass is 9.85. The van der Waals surface area contributed by atoms with Crippen LogP contribution in [0.5, 0.6) is 0 Å². The largest absolute Gasteiger partial charge is 0.396 e. The van der Waals surface area contributed by atoms with Gasteiger partial charge < -0.3 is 16.8 Å². The van der Waals surface area contributed by atoms with Gasteiger partial charge in [0.25, 0.3) is 0 Å². The maximum atomic E-state index is 14.2. The zero-order valence-electron chi connectivity index (χ0n) is 14.6. The van der Waals surface area contributed by atoms with Gasteiger partial charge >= 0.3 is 0 Å². The Balaban J connectivity index is 1.59. The van der Waals surface area contributed by atoms with Crippen LogP contribution >= 0.6 is 0 Å². The Bertz CT molecular complexity index is 1060. The minimum absolute atomic E-state index is 0.0220. The Hall–Kier alpha value is -3.46. The summed E-state index contributed by atoms with van der Waals surface area (Å²) in [6, 6.07) is 5.65. The van der Waals surface area contributed by atoms with Crippen molar-refractivity contribution in [2.45, 2.75) is 5.92 Å². The molecule has 142 valence electrons. The Morgan fingerprint density at radius 2 is 2.04 bits per heavy atom. The van der Waals surface area contributed by atoms with E-state index in [1.807, 2.05) is 6.07 Å². The van der Waals surface area contributed by atoms with Gasteiger partial charge in [-0.1, -0.05) is 6.07 Å². The summed E-state index contributed by atoms with van der Waals surface area (Å²) in [7, 11) is 0. The highest BCUT2D eigenvalue weighted by molar-refractivity contribution is 6.54. The van der Waals surface area contributed by atoms with Crippen molar-refractivity contribution in [3.05, 3.63) is 64.6 Å². The minimum Gasteiger partial charge on any atom is -0.396 e. The number of aromatic nitrogens is 1. The SMILES string of the molecule is NCCNc1ccc(C2C=NC3=C2C(C(=O)c2c(F)ccc(N)c2F)=N3)cn1. The molecule has 0 spiro atoms. The van der Waals surface area contributed by atoms with Gasteiger partial charge in [-0.3, -0.25) is 4.79 Å². The van der Waals surface area contributed by atoms with Crippen LogP contribution in [0.4, 0.5) is 20.3 Å². The number of nitrogens with one attached hydrogen (secondary N) is 1. The zero-order valence-corrected chi connectivity index (χ0v) is 14.6. The second-order valence-electron chi connectivity index (χ2n) is 6.30. The van der Waals surface area contributed by atoms with Gasteiger partial charge in [0.15, 0.2) is 11.6 Å². The molecule has 1 atom stereocenters. The zero-order chi connectivity index (χ0) is 19.8. The van der Waals surface area contributed by atoms with E-state index < -0.39 is 23.0 Å². The van der Waals surface area contributed by atoms with Crippen molar-refractivity contribution in [2.24, 2.45) is 15.7 Å². The van der Waals surface area contributed by atoms with Crippen molar-refractivity contribution >= 4 is 29.2 Å². The van der Waals surface area contributed by atoms with Crippen LogP contribution in [0.1, 0.15) is 21.8 Å². The third-order valence-corrected chi connectivity index (χ3v) is 4.53. The first kappa shape index (κ1) is 17.9. The van der Waals surface area contributed by atoms with E-state index in [2.05, 4.69) is 20.3 Å². The first-order valence-electron chi connectivity index (χ1n) is 8.56. The number of carbonyl (C=O) groups is 1. The van der Waals surface area contributed by atoms with Crippen LogP contribution in [0.3, 0.4) is 0 Å². The first-order chi connectivity index (χ1) is 13.5. The Labute approximate surface area is 158 Å². The summed E-state index contributed by atoms with van der Waals surface area (Å²) in [5.41, 5.74) is 11.2. The molecule has 2 aromatic rings. The lowest BCUT2D eigenvalue weighted by Crippen LogP contribution is -2.28. The molecule has 3 heterocycles. The molecule has 0 aliphatic carbocycles. The molecule has 1 unspecified atom stereocenters. The molecule has 0 fully saturated rings. The molecule has 9 heteroatoms. The second-order valence-corrected chi connectivity index (χ2v) is 6.30. The van der Waals surface area contributed by atoms with Crippen LogP contribution < -0.4 is 16.8 Å². The van der Waals surface area contributed by atoms with Gasteiger partial charge in [-0.05, 0) is 23.8 Å². The van der Waals surface area contributed by atoms with Crippen molar-refractivity contribution < 1.29 is 13.6 Å². The fraction of sp³-hybridized carbons (Fsp3) is 0.158. The molecule has 0 radical (unpaired) electrons. The summed E-state index contributed by atoms with van der Waals surface area (Å²) in [5.74, 6) is -2.25. The number of halogens is 2. The third kappa shape index (κ3) is 2.85. The lowest BCUT2D eigenvalue weighted by Gasteiger charge is -2.21. The first-order valence-corrected chi connectivity index (χ1v) is 8.56. The van der Waals surface area contributed by atoms with Crippen LogP contribution in [0.15, 0.2) is 51.8 Å². The molecule has 5 N–H and O–H groups in total. The fourth-order valence-electron chi connectivity index (χ4n) is 3.10. The molecule has 1 aromatic heterocycles. The van der Waals surface area contributed by atoms with Crippen LogP contribution in [0, 0.1) is 11.6 Å². The average Bonchev–Trinajstić information content (AvgIpc) is 3.00. The lowest BCUT2D eigenvalue weighted by molar-refractivity contribution is 0.105. The molecule has 1 aromatic carbocycles. The van der Waals surface area contributed by atoms with Gasteiger partial charge in [0.05, 0.1) is 17.2 Å². The maximum Gasteiger partial charge on any atom is 0.217 e. The van der Waals surface area contributed by atoms with Gasteiger partial charge in [-0.25, -0.2) is 23.7 Å². The minimum atomic E-state index is -1.09. The molecule has 2 aliphatic rings. The molecular formula is C19H16F2N6O. The number of hydrogen-bond acceptors (Lipinski definition) is 7. The highest BCUT2D eigenvalue weighted by Crippen LogP contribution is 2.39. The number of ketones is 1. The van der Waals surface area contributed by atoms with Crippen LogP contribution in [0.2, 0.25) is 0 Å². The highest BCUT2D eigenvalue weighted by atomic mass is 19.1. The smallest absolute Gasteiger partial charge is 0.217 e. The molecular weight excluding hydrogens is 366 g/mol. The van der Waals surface area contributed by atoms with E-state index in [9.17, 15) is 13.6 Å². The summed E-state index contributed by atoms with van der Waals surface area (Å²) in [6.45, 7) is 1.07. The van der Waals surface area contributed by atoms with Crippen LogP contribution in [0.25, 0.3) is 0 Å². The van der Waals surface area contributed by atoms with E-state index in [1.54, 1.807) is 18.5 Å². The average molecular weight is 382 g/mol. The predicted molar refractivity (Wildman–Crippen MR) is 103 cm³/mol. The summed E-state index contributed by atoms with van der Waals surface area (Å²) in [6.07, 6.45) is 3.28. The molecule has 28 heavy (non-hydrogen) atoms. The van der Waals surface area contributed by atoms with Gasteiger partial charge in [0, 0.05) is 31.1 Å². The third-order valence-electron chi connectivity index (χ3n) is 4.53. The molecule has 0 saturated carbocycles. The molecule has 7 nitrogen and oxygen atoms in total. The number of aliphatic imine (C=N–C) groups is 2. The number of pyridine rings is 1. The fourth-order valence-corrected chi connectivity index (χ4v) is 3.10. The van der Waals surface area contributed by atoms with Gasteiger partial charge in [0.1, 0.15) is 17.3 Å². The molecule has 0 saturated heterocycles. The molecule has 0 amide bonds. The van der Waals surface area contributed by atoms with Crippen molar-refractivity contribution in [2.75, 3.05) is 24.1 Å². The van der Waals surface area contributed by atoms with E-state index in [4.69, 9.17) is 11.5 Å². The normalized spacial score (nSPS) is 17.2. The number of hydrogen-bond donors (Lipinski definition) is 3. The number of anilines is 2. The van der Waals surface area contributed by atoms with Crippen LogP contribution in [-0.4, -0.2) is 35.8 Å². The Morgan fingerprint density at radius 1 is 1.21 bits per heavy atom. The van der Waals surface area contributed by atoms with E-state index in [-0.39, 0.29) is 17.3 Å². The molecule has 2 aliphatic heterocycles. The van der Waals surface area contributed by atoms with E-state index >= 15 is 0 Å². The monoisotopic (exact) mass is 382 g/mol. The van der Waals surface area contributed by atoms with Gasteiger partial charge in [-0.2, -0.15) is 0 Å². The van der Waals surface area contributed by atoms with Gasteiger partial charge in [0.2, 0.25) is 5.78 Å². The van der Waals surface area contributed by atoms with E-state index in [1.165, 1.54) is 0 Å². The topological polar surface area (TPSA) is 119 Å². The number of benzene rings is 1. The highest BCUT2D eigenvalue weighted by Gasteiger charge is 2.39. The quantitative estimate of drug-likeness (QED) is 0.522. The standard InChI is InChI=1S/C19H16F2N6O/c20-11-2-3-12(23)16(21)15(11)18(28)17-14-10(8-26-19(14)27-17)9-1-4-13(25-7-9)24-6-5-22/h1-4,7-8,10H,5-6,22-23H2,(H,24,25). The number of nitrogens with two attached hydrogens (primary N) is 2. The van der Waals surface area contributed by atoms with E-state index in [0.29, 0.717) is 30.3 Å². The maximum absolute atomic E-state index is 14.2.